The van der Waals surface area contributed by atoms with Gasteiger partial charge in [0.15, 0.2) is 34.6 Å². The second-order valence-corrected chi connectivity index (χ2v) is 6.94. The molecule has 8 nitrogen and oxygen atoms in total. The third-order valence-electron chi connectivity index (χ3n) is 4.42. The number of hydrogen-bond acceptors (Lipinski definition) is 7. The molecular weight excluding hydrogens is 424 g/mol. The van der Waals surface area contributed by atoms with Gasteiger partial charge >= 0.3 is 0 Å². The molecule has 0 heterocycles. The first-order valence-electron chi connectivity index (χ1n) is 10.5. The van der Waals surface area contributed by atoms with Crippen molar-refractivity contribution >= 4 is 23.7 Å². The normalized spacial score (nSPS) is 11.0. The summed E-state index contributed by atoms with van der Waals surface area (Å²) in [6.07, 6.45) is 5.79. The second kappa shape index (κ2) is 13.7. The van der Waals surface area contributed by atoms with Crippen LogP contribution in [0.5, 0.6) is 23.0 Å². The van der Waals surface area contributed by atoms with Crippen molar-refractivity contribution in [2.45, 2.75) is 6.42 Å². The number of carbonyl (C=O) groups excluding carboxylic acids is 2. The van der Waals surface area contributed by atoms with E-state index in [0.717, 1.165) is 11.1 Å². The number of ketones is 2. The van der Waals surface area contributed by atoms with Gasteiger partial charge in [-0.2, -0.15) is 0 Å². The van der Waals surface area contributed by atoms with Crippen LogP contribution >= 0.6 is 0 Å². The molecule has 2 aromatic rings. The van der Waals surface area contributed by atoms with Crippen LogP contribution < -0.4 is 30.4 Å². The Morgan fingerprint density at radius 3 is 1.73 bits per heavy atom. The zero-order chi connectivity index (χ0) is 24.1. The van der Waals surface area contributed by atoms with Crippen LogP contribution in [0.4, 0.5) is 0 Å². The van der Waals surface area contributed by atoms with Gasteiger partial charge in [0.05, 0.1) is 20.6 Å². The molecule has 0 bridgehead atoms. The highest BCUT2D eigenvalue weighted by atomic mass is 16.5. The van der Waals surface area contributed by atoms with Crippen LogP contribution in [0.25, 0.3) is 12.2 Å². The summed E-state index contributed by atoms with van der Waals surface area (Å²) in [5, 5.41) is 0. The number of carbonyl (C=O) groups is 2. The van der Waals surface area contributed by atoms with Crippen molar-refractivity contribution in [2.24, 2.45) is 5.73 Å². The quantitative estimate of drug-likeness (QED) is 0.329. The number of quaternary nitrogens is 1. The van der Waals surface area contributed by atoms with E-state index in [1.54, 1.807) is 55.7 Å². The molecule has 0 atom stereocenters. The summed E-state index contributed by atoms with van der Waals surface area (Å²) in [7, 11) is 3.08. The highest BCUT2D eigenvalue weighted by molar-refractivity contribution is 6.10. The van der Waals surface area contributed by atoms with Crippen LogP contribution in [-0.2, 0) is 9.59 Å². The van der Waals surface area contributed by atoms with E-state index in [9.17, 15) is 9.59 Å². The molecule has 0 amide bonds. The highest BCUT2D eigenvalue weighted by Gasteiger charge is 2.08. The third kappa shape index (κ3) is 8.44. The van der Waals surface area contributed by atoms with Crippen molar-refractivity contribution in [3.05, 3.63) is 59.7 Å². The molecule has 0 spiro atoms. The smallest absolute Gasteiger partial charge is 0.163 e. The van der Waals surface area contributed by atoms with Crippen molar-refractivity contribution in [2.75, 3.05) is 40.5 Å². The van der Waals surface area contributed by atoms with Gasteiger partial charge in [-0.1, -0.05) is 24.3 Å². The Morgan fingerprint density at radius 2 is 1.30 bits per heavy atom. The monoisotopic (exact) mass is 455 g/mol. The molecule has 0 saturated heterocycles. The Balaban J connectivity index is 1.95. The molecule has 0 fully saturated rings. The van der Waals surface area contributed by atoms with Crippen LogP contribution in [-0.4, -0.2) is 52.1 Å². The summed E-state index contributed by atoms with van der Waals surface area (Å²) >= 11 is 0. The molecular formula is C25H31N2O6+. The highest BCUT2D eigenvalue weighted by Crippen LogP contribution is 2.29. The maximum atomic E-state index is 12.2. The average Bonchev–Trinajstić information content (AvgIpc) is 2.83. The maximum Gasteiger partial charge on any atom is 0.163 e. The summed E-state index contributed by atoms with van der Waals surface area (Å²) < 4.78 is 21.7. The van der Waals surface area contributed by atoms with Crippen LogP contribution in [0.3, 0.4) is 0 Å². The fraction of sp³-hybridized carbons (Fsp3) is 0.280. The summed E-state index contributed by atoms with van der Waals surface area (Å²) in [6, 6.07) is 10.6. The van der Waals surface area contributed by atoms with Gasteiger partial charge in [0.25, 0.3) is 0 Å². The number of ether oxygens (including phenoxy) is 4. The summed E-state index contributed by atoms with van der Waals surface area (Å²) in [5.74, 6) is 1.68. The summed E-state index contributed by atoms with van der Waals surface area (Å²) in [4.78, 5) is 24.4. The minimum absolute atomic E-state index is 0.232. The number of rotatable bonds is 14. The fourth-order valence-corrected chi connectivity index (χ4v) is 2.83. The molecule has 0 aromatic heterocycles. The van der Waals surface area contributed by atoms with E-state index in [0.29, 0.717) is 49.3 Å². The lowest BCUT2D eigenvalue weighted by Gasteiger charge is -2.10. The molecule has 2 aromatic carbocycles. The molecule has 0 radical (unpaired) electrons. The van der Waals surface area contributed by atoms with Gasteiger partial charge in [0.1, 0.15) is 19.8 Å². The summed E-state index contributed by atoms with van der Waals surface area (Å²) in [6.45, 7) is 1.90. The Hall–Kier alpha value is -3.62. The van der Waals surface area contributed by atoms with E-state index in [1.807, 2.05) is 0 Å². The van der Waals surface area contributed by atoms with Gasteiger partial charge < -0.3 is 30.4 Å². The molecule has 0 aliphatic rings. The third-order valence-corrected chi connectivity index (χ3v) is 4.42. The molecule has 5 N–H and O–H groups in total. The van der Waals surface area contributed by atoms with Gasteiger partial charge in [0.2, 0.25) is 0 Å². The maximum absolute atomic E-state index is 12.2. The Labute approximate surface area is 193 Å². The standard InChI is InChI=1S/C25H30N2O6/c1-30-24-15-18(5-9-22(24)32-13-11-26)3-7-20(28)17-21(29)8-4-19-6-10-23(33-14-12-27)25(16-19)31-2/h3-10,15-16H,11-14,17,26-27H2,1-2H3/p+1/b7-3+,8-4+. The first kappa shape index (κ1) is 25.6. The number of allylic oxidation sites excluding steroid dienone is 2. The lowest BCUT2D eigenvalue weighted by Crippen LogP contribution is -2.52. The number of nitrogens with two attached hydrogens (primary N) is 1. The second-order valence-electron chi connectivity index (χ2n) is 6.94. The molecule has 0 aliphatic heterocycles. The SMILES string of the molecule is COc1cc(/C=C/C(=O)CC(=O)/C=C/c2ccc(OCC[NH3+])c(OC)c2)ccc1OCCN. The van der Waals surface area contributed by atoms with Crippen molar-refractivity contribution < 1.29 is 34.3 Å². The van der Waals surface area contributed by atoms with Crippen LogP contribution in [0.2, 0.25) is 0 Å². The van der Waals surface area contributed by atoms with Gasteiger partial charge in [-0.25, -0.2) is 0 Å². The molecule has 8 heteroatoms. The predicted octanol–water partition coefficient (Wildman–Crippen LogP) is 1.92. The number of hydrogen-bond donors (Lipinski definition) is 2. The first-order valence-corrected chi connectivity index (χ1v) is 10.5. The van der Waals surface area contributed by atoms with E-state index in [2.05, 4.69) is 5.73 Å². The Kier molecular flexibility index (Phi) is 10.7. The molecule has 176 valence electrons. The zero-order valence-electron chi connectivity index (χ0n) is 19.0. The lowest BCUT2D eigenvalue weighted by molar-refractivity contribution is -0.370. The van der Waals surface area contributed by atoms with Crippen LogP contribution in [0.1, 0.15) is 17.5 Å². The number of benzene rings is 2. The first-order chi connectivity index (χ1) is 16.0. The molecule has 0 saturated carbocycles. The lowest BCUT2D eigenvalue weighted by atomic mass is 10.1. The largest absolute Gasteiger partial charge is 0.493 e. The van der Waals surface area contributed by atoms with E-state index in [4.69, 9.17) is 24.7 Å². The van der Waals surface area contributed by atoms with Gasteiger partial charge in [-0.15, -0.1) is 0 Å². The summed E-state index contributed by atoms with van der Waals surface area (Å²) in [5.41, 5.74) is 10.7. The van der Waals surface area contributed by atoms with E-state index in [1.165, 1.54) is 19.3 Å². The van der Waals surface area contributed by atoms with E-state index in [-0.39, 0.29) is 18.0 Å². The fourth-order valence-electron chi connectivity index (χ4n) is 2.83. The van der Waals surface area contributed by atoms with Gasteiger partial charge in [-0.05, 0) is 47.5 Å². The Morgan fingerprint density at radius 1 is 0.818 bits per heavy atom. The zero-order valence-corrected chi connectivity index (χ0v) is 19.0. The van der Waals surface area contributed by atoms with Crippen LogP contribution in [0, 0.1) is 0 Å². The van der Waals surface area contributed by atoms with Crippen molar-refractivity contribution in [1.82, 2.24) is 0 Å². The molecule has 2 rings (SSSR count). The topological polar surface area (TPSA) is 125 Å². The van der Waals surface area contributed by atoms with Gasteiger partial charge in [-0.3, -0.25) is 9.59 Å². The van der Waals surface area contributed by atoms with Gasteiger partial charge in [0, 0.05) is 6.54 Å². The van der Waals surface area contributed by atoms with Crippen LogP contribution in [0.15, 0.2) is 48.6 Å². The minimum Gasteiger partial charge on any atom is -0.493 e. The minimum atomic E-state index is -0.304. The molecule has 33 heavy (non-hydrogen) atoms. The van der Waals surface area contributed by atoms with Crippen molar-refractivity contribution in [3.63, 3.8) is 0 Å². The van der Waals surface area contributed by atoms with Crippen molar-refractivity contribution in [3.8, 4) is 23.0 Å². The number of methoxy groups -OCH3 is 2. The van der Waals surface area contributed by atoms with E-state index >= 15 is 0 Å². The molecule has 0 unspecified atom stereocenters. The van der Waals surface area contributed by atoms with E-state index < -0.39 is 0 Å². The predicted molar refractivity (Wildman–Crippen MR) is 126 cm³/mol. The molecule has 0 aliphatic carbocycles. The Bertz CT molecular complexity index is 921. The van der Waals surface area contributed by atoms with Crippen molar-refractivity contribution in [1.29, 1.82) is 0 Å². The average molecular weight is 456 g/mol.